The van der Waals surface area contributed by atoms with Crippen molar-refractivity contribution in [1.29, 1.82) is 0 Å². The van der Waals surface area contributed by atoms with E-state index in [9.17, 15) is 4.39 Å². The van der Waals surface area contributed by atoms with Gasteiger partial charge in [-0.25, -0.2) is 10.2 Å². The number of methoxy groups -OCH3 is 1. The highest BCUT2D eigenvalue weighted by molar-refractivity contribution is 5.98. The maximum Gasteiger partial charge on any atom is 0.165 e. The first kappa shape index (κ1) is 12.8. The van der Waals surface area contributed by atoms with Gasteiger partial charge < -0.3 is 10.2 Å². The number of amidine groups is 1. The lowest BCUT2D eigenvalue weighted by Gasteiger charge is -2.11. The first-order chi connectivity index (χ1) is 8.74. The number of rotatable bonds is 3. The molecule has 98 valence electrons. The number of hydrazine groups is 1. The number of nitrogens with two attached hydrogens (primary N) is 1. The molecule has 1 aliphatic rings. The Morgan fingerprint density at radius 2 is 2.17 bits per heavy atom. The van der Waals surface area contributed by atoms with Gasteiger partial charge in [0.05, 0.1) is 13.2 Å². The first-order valence-corrected chi connectivity index (χ1v) is 6.13. The summed E-state index contributed by atoms with van der Waals surface area (Å²) in [7, 11) is 1.44. The monoisotopic (exact) mass is 251 g/mol. The van der Waals surface area contributed by atoms with Crippen LogP contribution >= 0.6 is 0 Å². The second-order valence-corrected chi connectivity index (χ2v) is 4.41. The van der Waals surface area contributed by atoms with Gasteiger partial charge >= 0.3 is 0 Å². The highest BCUT2D eigenvalue weighted by Crippen LogP contribution is 2.23. The number of hydrogen-bond donors (Lipinski definition) is 2. The third kappa shape index (κ3) is 2.79. The van der Waals surface area contributed by atoms with Crippen LogP contribution in [0.2, 0.25) is 0 Å². The summed E-state index contributed by atoms with van der Waals surface area (Å²) in [6.07, 6.45) is 4.59. The summed E-state index contributed by atoms with van der Waals surface area (Å²) in [6, 6.07) is 4.91. The average molecular weight is 251 g/mol. The van der Waals surface area contributed by atoms with Crippen molar-refractivity contribution < 1.29 is 9.13 Å². The second kappa shape index (κ2) is 5.82. The predicted molar refractivity (Wildman–Crippen MR) is 69.1 cm³/mol. The molecule has 5 heteroatoms. The van der Waals surface area contributed by atoms with Crippen LogP contribution in [0.1, 0.15) is 31.2 Å². The molecule has 0 heterocycles. The lowest BCUT2D eigenvalue weighted by molar-refractivity contribution is 0.386. The van der Waals surface area contributed by atoms with Crippen molar-refractivity contribution >= 4 is 5.84 Å². The summed E-state index contributed by atoms with van der Waals surface area (Å²) in [5.41, 5.74) is 3.33. The fourth-order valence-corrected chi connectivity index (χ4v) is 2.22. The minimum atomic E-state index is -0.390. The Labute approximate surface area is 106 Å². The van der Waals surface area contributed by atoms with Crippen molar-refractivity contribution in [2.24, 2.45) is 10.8 Å². The molecule has 1 aliphatic carbocycles. The molecule has 1 saturated carbocycles. The second-order valence-electron chi connectivity index (χ2n) is 4.41. The third-order valence-electron chi connectivity index (χ3n) is 3.20. The first-order valence-electron chi connectivity index (χ1n) is 6.13. The van der Waals surface area contributed by atoms with E-state index in [0.29, 0.717) is 11.9 Å². The largest absolute Gasteiger partial charge is 0.494 e. The number of nitrogens with zero attached hydrogens (tertiary/aromatic N) is 1. The smallest absolute Gasteiger partial charge is 0.165 e. The minimum Gasteiger partial charge on any atom is -0.494 e. The quantitative estimate of drug-likeness (QED) is 0.374. The Morgan fingerprint density at radius 3 is 2.78 bits per heavy atom. The summed E-state index contributed by atoms with van der Waals surface area (Å²) in [6.45, 7) is 0. The van der Waals surface area contributed by atoms with Crippen molar-refractivity contribution in [3.63, 3.8) is 0 Å². The van der Waals surface area contributed by atoms with Crippen LogP contribution < -0.4 is 16.0 Å². The molecule has 0 radical (unpaired) electrons. The molecule has 0 aliphatic heterocycles. The van der Waals surface area contributed by atoms with Crippen LogP contribution in [0.5, 0.6) is 5.75 Å². The van der Waals surface area contributed by atoms with E-state index in [1.807, 2.05) is 0 Å². The molecule has 18 heavy (non-hydrogen) atoms. The Kier molecular flexibility index (Phi) is 4.15. The van der Waals surface area contributed by atoms with Crippen LogP contribution in [0.15, 0.2) is 23.2 Å². The maximum atomic E-state index is 13.3. The van der Waals surface area contributed by atoms with Crippen molar-refractivity contribution in [1.82, 2.24) is 5.43 Å². The molecule has 0 atom stereocenters. The Hall–Kier alpha value is -1.62. The fraction of sp³-hybridized carbons (Fsp3) is 0.462. The number of benzene rings is 1. The number of nitrogens with one attached hydrogen (secondary N) is 1. The van der Waals surface area contributed by atoms with Crippen LogP contribution in [0.3, 0.4) is 0 Å². The van der Waals surface area contributed by atoms with Crippen LogP contribution in [0, 0.1) is 5.82 Å². The van der Waals surface area contributed by atoms with E-state index in [-0.39, 0.29) is 5.75 Å². The topological polar surface area (TPSA) is 59.6 Å². The standard InChI is InChI=1S/C13H18FN3O/c1-18-12-8-9(6-7-11(12)14)13(17-15)16-10-4-2-3-5-10/h6-8,10H,2-5,15H2,1H3,(H,16,17). The van der Waals surface area contributed by atoms with E-state index >= 15 is 0 Å². The van der Waals surface area contributed by atoms with E-state index in [1.54, 1.807) is 12.1 Å². The van der Waals surface area contributed by atoms with Crippen molar-refractivity contribution in [3.8, 4) is 5.75 Å². The zero-order chi connectivity index (χ0) is 13.0. The molecule has 1 aromatic rings. The minimum absolute atomic E-state index is 0.196. The van der Waals surface area contributed by atoms with Gasteiger partial charge in [-0.1, -0.05) is 12.8 Å². The van der Waals surface area contributed by atoms with Crippen LogP contribution in [-0.2, 0) is 0 Å². The highest BCUT2D eigenvalue weighted by Gasteiger charge is 2.15. The average Bonchev–Trinajstić information content (AvgIpc) is 2.89. The summed E-state index contributed by atoms with van der Waals surface area (Å²) < 4.78 is 18.3. The number of hydrogen-bond acceptors (Lipinski definition) is 3. The number of halogens is 1. The van der Waals surface area contributed by atoms with Gasteiger partial charge in [0, 0.05) is 5.56 Å². The van der Waals surface area contributed by atoms with E-state index in [4.69, 9.17) is 10.6 Å². The van der Waals surface area contributed by atoms with Crippen LogP contribution in [0.25, 0.3) is 0 Å². The molecule has 0 bridgehead atoms. The predicted octanol–water partition coefficient (Wildman–Crippen LogP) is 1.99. The fourth-order valence-electron chi connectivity index (χ4n) is 2.22. The zero-order valence-electron chi connectivity index (χ0n) is 10.4. The molecular formula is C13H18FN3O. The SMILES string of the molecule is COc1cc(C(=NC2CCCC2)NN)ccc1F. The van der Waals surface area contributed by atoms with Gasteiger partial charge in [0.25, 0.3) is 0 Å². The molecule has 3 N–H and O–H groups in total. The van der Waals surface area contributed by atoms with E-state index in [0.717, 1.165) is 18.4 Å². The van der Waals surface area contributed by atoms with Crippen molar-refractivity contribution in [2.75, 3.05) is 7.11 Å². The molecule has 0 saturated heterocycles. The summed E-state index contributed by atoms with van der Waals surface area (Å²) in [4.78, 5) is 4.57. The van der Waals surface area contributed by atoms with Gasteiger partial charge in [-0.05, 0) is 31.0 Å². The van der Waals surface area contributed by atoms with Gasteiger partial charge in [-0.3, -0.25) is 4.99 Å². The third-order valence-corrected chi connectivity index (χ3v) is 3.20. The molecule has 0 spiro atoms. The van der Waals surface area contributed by atoms with E-state index in [2.05, 4.69) is 10.4 Å². The molecule has 0 unspecified atom stereocenters. The van der Waals surface area contributed by atoms with Crippen molar-refractivity contribution in [3.05, 3.63) is 29.6 Å². The van der Waals surface area contributed by atoms with Gasteiger partial charge in [0.1, 0.15) is 5.84 Å². The van der Waals surface area contributed by atoms with Crippen molar-refractivity contribution in [2.45, 2.75) is 31.7 Å². The Balaban J connectivity index is 2.26. The summed E-state index contributed by atoms with van der Waals surface area (Å²) in [5, 5.41) is 0. The Morgan fingerprint density at radius 1 is 1.44 bits per heavy atom. The maximum absolute atomic E-state index is 13.3. The number of ether oxygens (including phenoxy) is 1. The number of aliphatic imine (C=N–C) groups is 1. The summed E-state index contributed by atoms with van der Waals surface area (Å²) >= 11 is 0. The molecule has 1 aromatic carbocycles. The lowest BCUT2D eigenvalue weighted by atomic mass is 10.1. The molecule has 1 fully saturated rings. The van der Waals surface area contributed by atoms with Gasteiger partial charge in [0.2, 0.25) is 0 Å². The molecule has 4 nitrogen and oxygen atoms in total. The van der Waals surface area contributed by atoms with E-state index in [1.165, 1.54) is 26.0 Å². The molecule has 0 aromatic heterocycles. The van der Waals surface area contributed by atoms with Gasteiger partial charge in [-0.15, -0.1) is 0 Å². The zero-order valence-corrected chi connectivity index (χ0v) is 10.4. The summed E-state index contributed by atoms with van der Waals surface area (Å²) in [5.74, 6) is 5.89. The Bertz CT molecular complexity index is 442. The lowest BCUT2D eigenvalue weighted by Crippen LogP contribution is -2.32. The van der Waals surface area contributed by atoms with E-state index < -0.39 is 5.82 Å². The van der Waals surface area contributed by atoms with Crippen LogP contribution in [0.4, 0.5) is 4.39 Å². The van der Waals surface area contributed by atoms with Gasteiger partial charge in [-0.2, -0.15) is 0 Å². The van der Waals surface area contributed by atoms with Crippen LogP contribution in [-0.4, -0.2) is 19.0 Å². The molecule has 0 amide bonds. The molecule has 2 rings (SSSR count). The molecular weight excluding hydrogens is 233 g/mol. The highest BCUT2D eigenvalue weighted by atomic mass is 19.1. The van der Waals surface area contributed by atoms with Gasteiger partial charge in [0.15, 0.2) is 11.6 Å². The normalized spacial score (nSPS) is 16.9.